The summed E-state index contributed by atoms with van der Waals surface area (Å²) >= 11 is 1.87. The fourth-order valence-electron chi connectivity index (χ4n) is 6.31. The van der Waals surface area contributed by atoms with Gasteiger partial charge in [-0.05, 0) is 69.3 Å². The summed E-state index contributed by atoms with van der Waals surface area (Å²) in [4.78, 5) is 29.1. The number of nitrogens with zero attached hydrogens (tertiary/aromatic N) is 6. The first kappa shape index (κ1) is 26.4. The minimum atomic E-state index is 0.507. The molecule has 8 nitrogen and oxygen atoms in total. The second kappa shape index (κ2) is 11.7. The Morgan fingerprint density at radius 3 is 2.00 bits per heavy atom. The first-order valence-corrected chi connectivity index (χ1v) is 15.0. The van der Waals surface area contributed by atoms with Crippen LogP contribution in [0.2, 0.25) is 0 Å². The monoisotopic (exact) mass is 544 g/mol. The summed E-state index contributed by atoms with van der Waals surface area (Å²) in [5.74, 6) is 1.95. The number of H-pyrrole nitrogens is 2. The number of likely N-dealkylation sites (tertiary alicyclic amines) is 2. The Labute approximate surface area is 235 Å². The summed E-state index contributed by atoms with van der Waals surface area (Å²) in [6, 6.07) is 9.22. The number of hydrogen-bond acceptors (Lipinski definition) is 7. The van der Waals surface area contributed by atoms with Crippen LogP contribution in [0.1, 0.15) is 57.6 Å². The maximum atomic E-state index is 4.62. The molecule has 0 saturated carbocycles. The molecule has 2 aliphatic heterocycles. The van der Waals surface area contributed by atoms with Crippen LogP contribution >= 0.6 is 11.3 Å². The van der Waals surface area contributed by atoms with E-state index < -0.39 is 0 Å². The molecule has 9 heteroatoms. The lowest BCUT2D eigenvalue weighted by Gasteiger charge is -2.39. The maximum absolute atomic E-state index is 4.62. The molecule has 0 unspecified atom stereocenters. The first-order chi connectivity index (χ1) is 19.0. The van der Waals surface area contributed by atoms with E-state index in [1.54, 1.807) is 0 Å². The van der Waals surface area contributed by atoms with Crippen LogP contribution in [-0.2, 0) is 32.7 Å². The number of hydrogen-bond donors (Lipinski definition) is 2. The molecule has 39 heavy (non-hydrogen) atoms. The van der Waals surface area contributed by atoms with E-state index in [1.165, 1.54) is 72.1 Å². The highest BCUT2D eigenvalue weighted by atomic mass is 32.1. The summed E-state index contributed by atoms with van der Waals surface area (Å²) in [5.41, 5.74) is 4.45. The van der Waals surface area contributed by atoms with Gasteiger partial charge in [-0.1, -0.05) is 24.3 Å². The van der Waals surface area contributed by atoms with Crippen LogP contribution in [0, 0.1) is 19.3 Å². The molecule has 2 aliphatic rings. The molecule has 2 saturated heterocycles. The molecule has 2 fully saturated rings. The molecular formula is C30H40N8S. The molecule has 206 valence electrons. The number of aryl methyl sites for hydroxylation is 2. The van der Waals surface area contributed by atoms with Gasteiger partial charge in [-0.2, -0.15) is 0 Å². The lowest BCUT2D eigenvalue weighted by molar-refractivity contribution is 0.102. The van der Waals surface area contributed by atoms with Crippen LogP contribution in [0.3, 0.4) is 0 Å². The summed E-state index contributed by atoms with van der Waals surface area (Å²) < 4.78 is 0. The Morgan fingerprint density at radius 1 is 0.821 bits per heavy atom. The molecular weight excluding hydrogens is 504 g/mol. The van der Waals surface area contributed by atoms with Crippen LogP contribution in [0.25, 0.3) is 0 Å². The Hall–Kier alpha value is -2.85. The topological polar surface area (TPSA) is 80.0 Å². The molecule has 0 atom stereocenters. The lowest BCUT2D eigenvalue weighted by Crippen LogP contribution is -2.41. The molecule has 1 spiro atoms. The minimum absolute atomic E-state index is 0.507. The van der Waals surface area contributed by atoms with Gasteiger partial charge in [0.15, 0.2) is 0 Å². The third kappa shape index (κ3) is 6.66. The Morgan fingerprint density at radius 2 is 1.44 bits per heavy atom. The van der Waals surface area contributed by atoms with Crippen molar-refractivity contribution >= 4 is 11.3 Å². The van der Waals surface area contributed by atoms with Crippen molar-refractivity contribution in [1.82, 2.24) is 39.6 Å². The van der Waals surface area contributed by atoms with Crippen molar-refractivity contribution < 1.29 is 0 Å². The van der Waals surface area contributed by atoms with Crippen LogP contribution in [0.5, 0.6) is 0 Å². The average molecular weight is 545 g/mol. The molecule has 0 radical (unpaired) electrons. The third-order valence-electron chi connectivity index (χ3n) is 8.49. The van der Waals surface area contributed by atoms with Crippen LogP contribution in [0.15, 0.2) is 49.1 Å². The van der Waals surface area contributed by atoms with E-state index in [2.05, 4.69) is 77.7 Å². The maximum Gasteiger partial charge on any atom is 0.120 e. The zero-order chi connectivity index (χ0) is 26.7. The lowest BCUT2D eigenvalue weighted by atomic mass is 9.78. The van der Waals surface area contributed by atoms with E-state index in [0.717, 1.165) is 44.4 Å². The van der Waals surface area contributed by atoms with Gasteiger partial charge in [0, 0.05) is 55.8 Å². The molecule has 6 rings (SSSR count). The number of benzene rings is 1. The van der Waals surface area contributed by atoms with E-state index >= 15 is 0 Å². The number of imidazole rings is 2. The fraction of sp³-hybridized carbons (Fsp3) is 0.500. The SMILES string of the molecule is Cc1nc(C)c(CN2CCC3(CC2)CCN(Cc2ccc(CN(Cc4ncc[nH]4)Cc4ncc[nH]4)cc2)C3)s1. The van der Waals surface area contributed by atoms with E-state index in [9.17, 15) is 0 Å². The van der Waals surface area contributed by atoms with Crippen molar-refractivity contribution in [2.45, 2.75) is 65.8 Å². The van der Waals surface area contributed by atoms with Crippen molar-refractivity contribution in [3.8, 4) is 0 Å². The Bertz CT molecular complexity index is 1270. The van der Waals surface area contributed by atoms with E-state index in [0.29, 0.717) is 5.41 Å². The summed E-state index contributed by atoms with van der Waals surface area (Å²) in [7, 11) is 0. The fourth-order valence-corrected chi connectivity index (χ4v) is 7.29. The van der Waals surface area contributed by atoms with Gasteiger partial charge in [-0.3, -0.25) is 14.7 Å². The second-order valence-corrected chi connectivity index (χ2v) is 12.8. The van der Waals surface area contributed by atoms with Gasteiger partial charge >= 0.3 is 0 Å². The molecule has 5 heterocycles. The van der Waals surface area contributed by atoms with Gasteiger partial charge < -0.3 is 9.97 Å². The van der Waals surface area contributed by atoms with Gasteiger partial charge in [0.1, 0.15) is 11.6 Å². The van der Waals surface area contributed by atoms with Gasteiger partial charge in [0.05, 0.1) is 23.8 Å². The van der Waals surface area contributed by atoms with Crippen molar-refractivity contribution in [1.29, 1.82) is 0 Å². The Balaban J connectivity index is 1.00. The second-order valence-electron chi connectivity index (χ2n) is 11.5. The zero-order valence-electron chi connectivity index (χ0n) is 23.2. The van der Waals surface area contributed by atoms with E-state index in [-0.39, 0.29) is 0 Å². The zero-order valence-corrected chi connectivity index (χ0v) is 24.0. The van der Waals surface area contributed by atoms with E-state index in [4.69, 9.17) is 0 Å². The molecule has 4 aromatic rings. The summed E-state index contributed by atoms with van der Waals surface area (Å²) in [6.07, 6.45) is 11.4. The van der Waals surface area contributed by atoms with Gasteiger partial charge in [-0.15, -0.1) is 11.3 Å². The normalized spacial score (nSPS) is 18.0. The molecule has 1 aromatic carbocycles. The van der Waals surface area contributed by atoms with Crippen molar-refractivity contribution in [3.05, 3.63) is 87.4 Å². The predicted octanol–water partition coefficient (Wildman–Crippen LogP) is 4.90. The highest BCUT2D eigenvalue weighted by molar-refractivity contribution is 7.11. The molecule has 3 aromatic heterocycles. The number of rotatable bonds is 10. The molecule has 0 amide bonds. The van der Waals surface area contributed by atoms with Gasteiger partial charge in [0.2, 0.25) is 0 Å². The molecule has 2 N–H and O–H groups in total. The smallest absolute Gasteiger partial charge is 0.120 e. The largest absolute Gasteiger partial charge is 0.348 e. The van der Waals surface area contributed by atoms with Crippen molar-refractivity contribution in [2.75, 3.05) is 26.2 Å². The highest BCUT2D eigenvalue weighted by Crippen LogP contribution is 2.41. The Kier molecular flexibility index (Phi) is 7.92. The van der Waals surface area contributed by atoms with Crippen LogP contribution in [-0.4, -0.2) is 65.8 Å². The predicted molar refractivity (Wildman–Crippen MR) is 155 cm³/mol. The van der Waals surface area contributed by atoms with Crippen LogP contribution < -0.4 is 0 Å². The quantitative estimate of drug-likeness (QED) is 0.296. The molecule has 0 aliphatic carbocycles. The first-order valence-electron chi connectivity index (χ1n) is 14.2. The number of nitrogens with one attached hydrogen (secondary N) is 2. The molecule has 0 bridgehead atoms. The summed E-state index contributed by atoms with van der Waals surface area (Å²) in [5, 5.41) is 1.19. The number of aromatic amines is 2. The van der Waals surface area contributed by atoms with Crippen molar-refractivity contribution in [2.24, 2.45) is 5.41 Å². The minimum Gasteiger partial charge on any atom is -0.348 e. The highest BCUT2D eigenvalue weighted by Gasteiger charge is 2.40. The van der Waals surface area contributed by atoms with E-state index in [1.807, 2.05) is 36.1 Å². The average Bonchev–Trinajstić information content (AvgIpc) is 3.73. The third-order valence-corrected chi connectivity index (χ3v) is 9.55. The number of aromatic nitrogens is 5. The van der Waals surface area contributed by atoms with Crippen molar-refractivity contribution in [3.63, 3.8) is 0 Å². The van der Waals surface area contributed by atoms with Gasteiger partial charge in [-0.25, -0.2) is 15.0 Å². The number of piperidine rings is 1. The summed E-state index contributed by atoms with van der Waals surface area (Å²) in [6.45, 7) is 13.6. The number of thiazole rings is 1. The van der Waals surface area contributed by atoms with Gasteiger partial charge in [0.25, 0.3) is 0 Å². The standard InChI is InChI=1S/C30H40N8S/c1-23-27(39-24(2)35-23)19-36-14-7-30(8-15-36)9-16-37(22-30)17-25-3-5-26(6-4-25)18-38(20-28-31-10-11-32-28)21-29-33-12-13-34-29/h3-6,10-13H,7-9,14-22H2,1-2H3,(H,31,32)(H,33,34). The van der Waals surface area contributed by atoms with Crippen LogP contribution in [0.4, 0.5) is 0 Å².